The number of furan rings is 1. The lowest BCUT2D eigenvalue weighted by molar-refractivity contribution is -0.142. The van der Waals surface area contributed by atoms with Crippen molar-refractivity contribution in [2.24, 2.45) is 5.92 Å². The fourth-order valence-electron chi connectivity index (χ4n) is 1.06. The number of carboxylic acids is 1. The van der Waals surface area contributed by atoms with Gasteiger partial charge in [0.2, 0.25) is 5.91 Å². The molecule has 1 aromatic rings. The molecule has 0 saturated heterocycles. The Morgan fingerprint density at radius 1 is 1.53 bits per heavy atom. The van der Waals surface area contributed by atoms with Gasteiger partial charge < -0.3 is 9.52 Å². The van der Waals surface area contributed by atoms with Crippen molar-refractivity contribution in [2.75, 3.05) is 5.32 Å². The average Bonchev–Trinajstić information content (AvgIpc) is 2.50. The van der Waals surface area contributed by atoms with Gasteiger partial charge in [0, 0.05) is 12.5 Å². The maximum absolute atomic E-state index is 11.3. The van der Waals surface area contributed by atoms with Crippen LogP contribution in [0.1, 0.15) is 19.1 Å². The van der Waals surface area contributed by atoms with Crippen LogP contribution in [0.25, 0.3) is 0 Å². The van der Waals surface area contributed by atoms with Gasteiger partial charge in [-0.25, -0.2) is 0 Å². The predicted molar refractivity (Wildman–Crippen MR) is 53.5 cm³/mol. The number of hydrogen-bond acceptors (Lipinski definition) is 3. The summed E-state index contributed by atoms with van der Waals surface area (Å²) in [6.45, 7) is 3.24. The largest absolute Gasteiger partial charge is 0.481 e. The van der Waals surface area contributed by atoms with Gasteiger partial charge in [-0.2, -0.15) is 0 Å². The molecule has 0 aliphatic carbocycles. The standard InChI is InChI=1S/C10H13NO4/c1-6(10(13)14)5-8(12)11-9-4-3-7(2)15-9/h3-4,6H,5H2,1-2H3,(H,11,12)(H,13,14). The molecule has 0 aliphatic rings. The van der Waals surface area contributed by atoms with Crippen molar-refractivity contribution in [3.05, 3.63) is 17.9 Å². The molecule has 82 valence electrons. The fourth-order valence-corrected chi connectivity index (χ4v) is 1.06. The van der Waals surface area contributed by atoms with E-state index in [4.69, 9.17) is 9.52 Å². The van der Waals surface area contributed by atoms with E-state index in [1.165, 1.54) is 6.92 Å². The van der Waals surface area contributed by atoms with Gasteiger partial charge in [-0.1, -0.05) is 6.92 Å². The van der Waals surface area contributed by atoms with Crippen LogP contribution >= 0.6 is 0 Å². The molecule has 1 rings (SSSR count). The van der Waals surface area contributed by atoms with Gasteiger partial charge in [-0.15, -0.1) is 0 Å². The first-order chi connectivity index (χ1) is 6.99. The monoisotopic (exact) mass is 211 g/mol. The molecule has 1 atom stereocenters. The number of hydrogen-bond donors (Lipinski definition) is 2. The van der Waals surface area contributed by atoms with Crippen LogP contribution in [0.4, 0.5) is 5.88 Å². The van der Waals surface area contributed by atoms with Gasteiger partial charge >= 0.3 is 5.97 Å². The quantitative estimate of drug-likeness (QED) is 0.793. The van der Waals surface area contributed by atoms with E-state index < -0.39 is 11.9 Å². The zero-order valence-corrected chi connectivity index (χ0v) is 8.61. The lowest BCUT2D eigenvalue weighted by atomic mass is 10.1. The molecule has 0 radical (unpaired) electrons. The number of aliphatic carboxylic acids is 1. The van der Waals surface area contributed by atoms with Crippen LogP contribution < -0.4 is 5.32 Å². The highest BCUT2D eigenvalue weighted by atomic mass is 16.4. The summed E-state index contributed by atoms with van der Waals surface area (Å²) in [5.41, 5.74) is 0. The molecule has 0 aromatic carbocycles. The Bertz CT molecular complexity index is 369. The first-order valence-corrected chi connectivity index (χ1v) is 4.58. The lowest BCUT2D eigenvalue weighted by Crippen LogP contribution is -2.19. The van der Waals surface area contributed by atoms with Crippen molar-refractivity contribution in [3.8, 4) is 0 Å². The van der Waals surface area contributed by atoms with Gasteiger partial charge in [-0.3, -0.25) is 14.9 Å². The molecule has 15 heavy (non-hydrogen) atoms. The second-order valence-corrected chi connectivity index (χ2v) is 3.40. The lowest BCUT2D eigenvalue weighted by Gasteiger charge is -2.05. The molecule has 0 saturated carbocycles. The van der Waals surface area contributed by atoms with Crippen molar-refractivity contribution >= 4 is 17.8 Å². The summed E-state index contributed by atoms with van der Waals surface area (Å²) < 4.78 is 5.12. The highest BCUT2D eigenvalue weighted by Crippen LogP contribution is 2.13. The summed E-state index contributed by atoms with van der Waals surface area (Å²) in [6.07, 6.45) is -0.0604. The molecule has 5 heteroatoms. The van der Waals surface area contributed by atoms with Crippen molar-refractivity contribution in [1.29, 1.82) is 0 Å². The van der Waals surface area contributed by atoms with Crippen LogP contribution in [0, 0.1) is 12.8 Å². The Balaban J connectivity index is 2.46. The Morgan fingerprint density at radius 2 is 2.20 bits per heavy atom. The normalized spacial score (nSPS) is 12.1. The molecule has 5 nitrogen and oxygen atoms in total. The first-order valence-electron chi connectivity index (χ1n) is 4.58. The predicted octanol–water partition coefficient (Wildman–Crippen LogP) is 1.64. The Hall–Kier alpha value is -1.78. The summed E-state index contributed by atoms with van der Waals surface area (Å²) in [5.74, 6) is -1.01. The van der Waals surface area contributed by atoms with E-state index in [9.17, 15) is 9.59 Å². The van der Waals surface area contributed by atoms with Crippen molar-refractivity contribution < 1.29 is 19.1 Å². The van der Waals surface area contributed by atoms with Gasteiger partial charge in [0.15, 0.2) is 5.88 Å². The van der Waals surface area contributed by atoms with Gasteiger partial charge in [0.25, 0.3) is 0 Å². The van der Waals surface area contributed by atoms with Crippen LogP contribution in [0.5, 0.6) is 0 Å². The summed E-state index contributed by atoms with van der Waals surface area (Å²) in [7, 11) is 0. The number of carbonyl (C=O) groups excluding carboxylic acids is 1. The van der Waals surface area contributed by atoms with E-state index in [0.717, 1.165) is 0 Å². The third kappa shape index (κ3) is 3.46. The molecule has 1 aromatic heterocycles. The molecule has 1 amide bonds. The van der Waals surface area contributed by atoms with E-state index in [2.05, 4.69) is 5.32 Å². The molecule has 0 spiro atoms. The van der Waals surface area contributed by atoms with Crippen molar-refractivity contribution in [2.45, 2.75) is 20.3 Å². The van der Waals surface area contributed by atoms with E-state index in [-0.39, 0.29) is 12.3 Å². The van der Waals surface area contributed by atoms with Crippen LogP contribution in [0.2, 0.25) is 0 Å². The summed E-state index contributed by atoms with van der Waals surface area (Å²) in [6, 6.07) is 3.34. The minimum Gasteiger partial charge on any atom is -0.481 e. The SMILES string of the molecule is Cc1ccc(NC(=O)CC(C)C(=O)O)o1. The number of rotatable bonds is 4. The van der Waals surface area contributed by atoms with E-state index >= 15 is 0 Å². The number of aryl methyl sites for hydroxylation is 1. The second kappa shape index (κ2) is 4.63. The Labute approximate surface area is 87.1 Å². The Kier molecular flexibility index (Phi) is 3.49. The highest BCUT2D eigenvalue weighted by molar-refractivity contribution is 5.91. The van der Waals surface area contributed by atoms with Crippen molar-refractivity contribution in [3.63, 3.8) is 0 Å². The Morgan fingerprint density at radius 3 is 2.67 bits per heavy atom. The fraction of sp³-hybridized carbons (Fsp3) is 0.400. The van der Waals surface area contributed by atoms with Gasteiger partial charge in [0.05, 0.1) is 5.92 Å². The molecule has 1 unspecified atom stereocenters. The molecule has 0 bridgehead atoms. The van der Waals surface area contributed by atoms with Crippen LogP contribution in [-0.4, -0.2) is 17.0 Å². The zero-order valence-electron chi connectivity index (χ0n) is 8.61. The third-order valence-electron chi connectivity index (χ3n) is 1.92. The van der Waals surface area contributed by atoms with Gasteiger partial charge in [0.1, 0.15) is 5.76 Å². The zero-order chi connectivity index (χ0) is 11.4. The number of carbonyl (C=O) groups is 2. The smallest absolute Gasteiger partial charge is 0.306 e. The van der Waals surface area contributed by atoms with E-state index in [1.54, 1.807) is 19.1 Å². The molecular weight excluding hydrogens is 198 g/mol. The van der Waals surface area contributed by atoms with E-state index in [1.807, 2.05) is 0 Å². The molecule has 0 fully saturated rings. The molecule has 2 N–H and O–H groups in total. The number of amides is 1. The summed E-state index contributed by atoms with van der Waals surface area (Å²) in [5, 5.41) is 11.1. The number of anilines is 1. The third-order valence-corrected chi connectivity index (χ3v) is 1.92. The summed E-state index contributed by atoms with van der Waals surface area (Å²) in [4.78, 5) is 21.8. The second-order valence-electron chi connectivity index (χ2n) is 3.40. The highest BCUT2D eigenvalue weighted by Gasteiger charge is 2.16. The minimum atomic E-state index is -0.985. The topological polar surface area (TPSA) is 79.5 Å². The van der Waals surface area contributed by atoms with Crippen LogP contribution in [-0.2, 0) is 9.59 Å². The number of nitrogens with one attached hydrogen (secondary N) is 1. The van der Waals surface area contributed by atoms with E-state index in [0.29, 0.717) is 11.6 Å². The first kappa shape index (κ1) is 11.3. The number of carboxylic acid groups (broad SMARTS) is 1. The summed E-state index contributed by atoms with van der Waals surface area (Å²) >= 11 is 0. The van der Waals surface area contributed by atoms with Crippen LogP contribution in [0.15, 0.2) is 16.5 Å². The van der Waals surface area contributed by atoms with Crippen LogP contribution in [0.3, 0.4) is 0 Å². The van der Waals surface area contributed by atoms with Gasteiger partial charge in [-0.05, 0) is 13.0 Å². The minimum absolute atomic E-state index is 0.0604. The maximum Gasteiger partial charge on any atom is 0.306 e. The molecule has 0 aliphatic heterocycles. The maximum atomic E-state index is 11.3. The molecule has 1 heterocycles. The van der Waals surface area contributed by atoms with Crippen molar-refractivity contribution in [1.82, 2.24) is 0 Å². The average molecular weight is 211 g/mol. The molecular formula is C10H13NO4.